The molecule has 1 aromatic heterocycles. The van der Waals surface area contributed by atoms with Crippen LogP contribution in [0.1, 0.15) is 16.6 Å². The zero-order valence-electron chi connectivity index (χ0n) is 13.1. The van der Waals surface area contributed by atoms with E-state index in [1.165, 1.54) is 23.5 Å². The van der Waals surface area contributed by atoms with Crippen molar-refractivity contribution in [2.24, 2.45) is 0 Å². The zero-order valence-corrected chi connectivity index (χ0v) is 14.7. The van der Waals surface area contributed by atoms with Crippen LogP contribution in [-0.4, -0.2) is 32.2 Å². The van der Waals surface area contributed by atoms with Gasteiger partial charge in [-0.25, -0.2) is 0 Å². The number of halogens is 3. The third-order valence-electron chi connectivity index (χ3n) is 3.03. The molecule has 8 heteroatoms. The number of hydrogen-bond donors (Lipinski definition) is 2. The molecule has 24 heavy (non-hydrogen) atoms. The Kier molecular flexibility index (Phi) is 8.67. The highest BCUT2D eigenvalue weighted by molar-refractivity contribution is 7.17. The standard InChI is InChI=1S/C16H18F2N2O2S.ClH/c1-2-19-9-10-20-15(21)14-8-7-13(23-14)11-3-5-12(6-4-11)22-16(17)18;/h3-8,16,19H,2,9-10H2,1H3,(H,20,21);1H. The van der Waals surface area contributed by atoms with Gasteiger partial charge >= 0.3 is 6.61 Å². The normalized spacial score (nSPS) is 10.3. The van der Waals surface area contributed by atoms with E-state index in [1.54, 1.807) is 18.2 Å². The average Bonchev–Trinajstić information content (AvgIpc) is 3.01. The lowest BCUT2D eigenvalue weighted by Gasteiger charge is -2.05. The molecule has 132 valence electrons. The molecule has 0 atom stereocenters. The number of likely N-dealkylation sites (N-methyl/N-ethyl adjacent to an activating group) is 1. The van der Waals surface area contributed by atoms with Gasteiger partial charge in [0.25, 0.3) is 5.91 Å². The van der Waals surface area contributed by atoms with E-state index in [4.69, 9.17) is 0 Å². The second-order valence-electron chi connectivity index (χ2n) is 4.68. The number of thiophene rings is 1. The number of rotatable bonds is 8. The quantitative estimate of drug-likeness (QED) is 0.689. The van der Waals surface area contributed by atoms with Crippen molar-refractivity contribution >= 4 is 29.7 Å². The highest BCUT2D eigenvalue weighted by Gasteiger charge is 2.10. The number of alkyl halides is 2. The summed E-state index contributed by atoms with van der Waals surface area (Å²) in [5, 5.41) is 5.96. The summed E-state index contributed by atoms with van der Waals surface area (Å²) in [6.07, 6.45) is 0. The van der Waals surface area contributed by atoms with E-state index in [2.05, 4.69) is 15.4 Å². The fraction of sp³-hybridized carbons (Fsp3) is 0.312. The van der Waals surface area contributed by atoms with Crippen molar-refractivity contribution in [3.05, 3.63) is 41.3 Å². The molecule has 1 aromatic carbocycles. The van der Waals surface area contributed by atoms with Gasteiger partial charge in [-0.1, -0.05) is 6.92 Å². The first-order valence-electron chi connectivity index (χ1n) is 7.24. The third kappa shape index (κ3) is 6.07. The van der Waals surface area contributed by atoms with Crippen molar-refractivity contribution in [2.75, 3.05) is 19.6 Å². The number of benzene rings is 1. The molecule has 0 aliphatic carbocycles. The van der Waals surface area contributed by atoms with Crippen LogP contribution >= 0.6 is 23.7 Å². The summed E-state index contributed by atoms with van der Waals surface area (Å²) < 4.78 is 28.5. The summed E-state index contributed by atoms with van der Waals surface area (Å²) in [6, 6.07) is 9.94. The molecule has 0 fully saturated rings. The molecular formula is C16H19ClF2N2O2S. The van der Waals surface area contributed by atoms with Gasteiger partial charge < -0.3 is 15.4 Å². The summed E-state index contributed by atoms with van der Waals surface area (Å²) in [4.78, 5) is 13.5. The number of ether oxygens (including phenoxy) is 1. The smallest absolute Gasteiger partial charge is 0.387 e. The zero-order chi connectivity index (χ0) is 16.7. The van der Waals surface area contributed by atoms with Crippen LogP contribution in [0.5, 0.6) is 5.75 Å². The van der Waals surface area contributed by atoms with E-state index in [-0.39, 0.29) is 24.1 Å². The fourth-order valence-electron chi connectivity index (χ4n) is 1.94. The third-order valence-corrected chi connectivity index (χ3v) is 4.16. The minimum atomic E-state index is -2.83. The van der Waals surface area contributed by atoms with Gasteiger partial charge in [0.2, 0.25) is 0 Å². The van der Waals surface area contributed by atoms with Crippen LogP contribution < -0.4 is 15.4 Å². The summed E-state index contributed by atoms with van der Waals surface area (Å²) in [7, 11) is 0. The molecule has 4 nitrogen and oxygen atoms in total. The molecule has 2 aromatic rings. The lowest BCUT2D eigenvalue weighted by molar-refractivity contribution is -0.0498. The number of hydrogen-bond acceptors (Lipinski definition) is 4. The molecule has 0 aliphatic heterocycles. The maximum absolute atomic E-state index is 12.1. The molecular weight excluding hydrogens is 358 g/mol. The van der Waals surface area contributed by atoms with E-state index in [1.807, 2.05) is 13.0 Å². The van der Waals surface area contributed by atoms with E-state index < -0.39 is 6.61 Å². The Morgan fingerprint density at radius 2 is 1.88 bits per heavy atom. The largest absolute Gasteiger partial charge is 0.435 e. The molecule has 2 N–H and O–H groups in total. The maximum Gasteiger partial charge on any atom is 0.387 e. The van der Waals surface area contributed by atoms with E-state index in [9.17, 15) is 13.6 Å². The molecule has 1 amide bonds. The van der Waals surface area contributed by atoms with Crippen LogP contribution in [0.2, 0.25) is 0 Å². The van der Waals surface area contributed by atoms with Crippen LogP contribution in [0, 0.1) is 0 Å². The predicted molar refractivity (Wildman–Crippen MR) is 94.5 cm³/mol. The minimum absolute atomic E-state index is 0. The number of carbonyl (C=O) groups is 1. The molecule has 2 rings (SSSR count). The highest BCUT2D eigenvalue weighted by Crippen LogP contribution is 2.29. The summed E-state index contributed by atoms with van der Waals surface area (Å²) in [5.74, 6) is -0.00139. The maximum atomic E-state index is 12.1. The first kappa shape index (κ1) is 20.3. The second-order valence-corrected chi connectivity index (χ2v) is 5.76. The number of nitrogens with one attached hydrogen (secondary N) is 2. The topological polar surface area (TPSA) is 50.4 Å². The molecule has 0 spiro atoms. The Morgan fingerprint density at radius 1 is 1.17 bits per heavy atom. The van der Waals surface area contributed by atoms with Crippen LogP contribution in [0.3, 0.4) is 0 Å². The number of amides is 1. The predicted octanol–water partition coefficient (Wildman–Crippen LogP) is 3.78. The van der Waals surface area contributed by atoms with Crippen molar-refractivity contribution in [1.82, 2.24) is 10.6 Å². The van der Waals surface area contributed by atoms with Crippen LogP contribution in [0.25, 0.3) is 10.4 Å². The Hall–Kier alpha value is -1.70. The Bertz CT molecular complexity index is 635. The molecule has 0 saturated heterocycles. The minimum Gasteiger partial charge on any atom is -0.435 e. The van der Waals surface area contributed by atoms with E-state index in [0.29, 0.717) is 11.4 Å². The molecule has 1 heterocycles. The van der Waals surface area contributed by atoms with Gasteiger partial charge in [0.15, 0.2) is 0 Å². The van der Waals surface area contributed by atoms with E-state index >= 15 is 0 Å². The summed E-state index contributed by atoms with van der Waals surface area (Å²) >= 11 is 1.36. The van der Waals surface area contributed by atoms with Gasteiger partial charge in [0, 0.05) is 18.0 Å². The van der Waals surface area contributed by atoms with Crippen molar-refractivity contribution in [2.45, 2.75) is 13.5 Å². The fourth-order valence-corrected chi connectivity index (χ4v) is 2.87. The van der Waals surface area contributed by atoms with Crippen molar-refractivity contribution in [3.63, 3.8) is 0 Å². The van der Waals surface area contributed by atoms with Crippen LogP contribution in [0.15, 0.2) is 36.4 Å². The Morgan fingerprint density at radius 3 is 2.50 bits per heavy atom. The summed E-state index contributed by atoms with van der Waals surface area (Å²) in [5.41, 5.74) is 0.850. The average molecular weight is 377 g/mol. The van der Waals surface area contributed by atoms with Gasteiger partial charge in [-0.15, -0.1) is 23.7 Å². The van der Waals surface area contributed by atoms with Crippen molar-refractivity contribution in [1.29, 1.82) is 0 Å². The Balaban J connectivity index is 0.00000288. The van der Waals surface area contributed by atoms with Gasteiger partial charge in [0.05, 0.1) is 4.88 Å². The molecule has 0 unspecified atom stereocenters. The Labute approximate surface area is 149 Å². The molecule has 0 saturated carbocycles. The van der Waals surface area contributed by atoms with E-state index in [0.717, 1.165) is 23.5 Å². The molecule has 0 bridgehead atoms. The van der Waals surface area contributed by atoms with Gasteiger partial charge in [0.1, 0.15) is 5.75 Å². The van der Waals surface area contributed by atoms with Crippen LogP contribution in [-0.2, 0) is 0 Å². The van der Waals surface area contributed by atoms with Crippen molar-refractivity contribution < 1.29 is 18.3 Å². The highest BCUT2D eigenvalue weighted by atomic mass is 35.5. The number of carbonyl (C=O) groups excluding carboxylic acids is 1. The SMILES string of the molecule is CCNCCNC(=O)c1ccc(-c2ccc(OC(F)F)cc2)s1.Cl. The summed E-state index contributed by atoms with van der Waals surface area (Å²) in [6.45, 7) is 1.33. The first-order valence-corrected chi connectivity index (χ1v) is 8.05. The first-order chi connectivity index (χ1) is 11.1. The van der Waals surface area contributed by atoms with Gasteiger partial charge in [-0.3, -0.25) is 4.79 Å². The van der Waals surface area contributed by atoms with Crippen molar-refractivity contribution in [3.8, 4) is 16.2 Å². The second kappa shape index (κ2) is 10.2. The van der Waals surface area contributed by atoms with Gasteiger partial charge in [-0.05, 0) is 48.5 Å². The monoisotopic (exact) mass is 376 g/mol. The lowest BCUT2D eigenvalue weighted by atomic mass is 10.2. The van der Waals surface area contributed by atoms with Gasteiger partial charge in [-0.2, -0.15) is 8.78 Å². The molecule has 0 aliphatic rings. The molecule has 0 radical (unpaired) electrons. The van der Waals surface area contributed by atoms with Crippen LogP contribution in [0.4, 0.5) is 8.78 Å². The lowest BCUT2D eigenvalue weighted by Crippen LogP contribution is -2.31.